The first-order valence-corrected chi connectivity index (χ1v) is 8.41. The lowest BCUT2D eigenvalue weighted by Gasteiger charge is -2.06. The second-order valence-electron chi connectivity index (χ2n) is 5.09. The van der Waals surface area contributed by atoms with Gasteiger partial charge in [-0.3, -0.25) is 4.79 Å². The quantitative estimate of drug-likeness (QED) is 0.802. The van der Waals surface area contributed by atoms with Crippen molar-refractivity contribution in [1.29, 1.82) is 0 Å². The van der Waals surface area contributed by atoms with Crippen LogP contribution in [-0.4, -0.2) is 32.1 Å². The number of ether oxygens (including phenoxy) is 2. The van der Waals surface area contributed by atoms with Crippen molar-refractivity contribution < 1.29 is 23.9 Å². The highest BCUT2D eigenvalue weighted by Gasteiger charge is 2.26. The van der Waals surface area contributed by atoms with Gasteiger partial charge in [-0.25, -0.2) is 9.59 Å². The summed E-state index contributed by atoms with van der Waals surface area (Å²) in [5.74, 6) is -1.54. The van der Waals surface area contributed by atoms with Crippen LogP contribution >= 0.6 is 22.9 Å². The first-order valence-electron chi connectivity index (χ1n) is 7.21. The third kappa shape index (κ3) is 4.37. The summed E-state index contributed by atoms with van der Waals surface area (Å²) >= 11 is 6.79. The molecule has 0 saturated carbocycles. The maximum absolute atomic E-state index is 12.3. The molecule has 1 aromatic carbocycles. The van der Waals surface area contributed by atoms with Crippen molar-refractivity contribution >= 4 is 45.8 Å². The zero-order chi connectivity index (χ0) is 18.6. The normalized spacial score (nSPS) is 10.2. The van der Waals surface area contributed by atoms with Crippen molar-refractivity contribution in [1.82, 2.24) is 0 Å². The molecule has 1 aromatic heterocycles. The summed E-state index contributed by atoms with van der Waals surface area (Å²) in [7, 11) is 2.48. The molecule has 0 aliphatic carbocycles. The molecule has 0 bridgehead atoms. The number of benzene rings is 1. The first kappa shape index (κ1) is 19.0. The highest BCUT2D eigenvalue weighted by molar-refractivity contribution is 7.18. The van der Waals surface area contributed by atoms with Gasteiger partial charge in [0, 0.05) is 5.02 Å². The lowest BCUT2D eigenvalue weighted by Crippen LogP contribution is -2.16. The highest BCUT2D eigenvalue weighted by atomic mass is 35.5. The molecule has 2 rings (SSSR count). The van der Waals surface area contributed by atoms with Gasteiger partial charge in [0.15, 0.2) is 0 Å². The Labute approximate surface area is 153 Å². The van der Waals surface area contributed by atoms with Gasteiger partial charge in [0.1, 0.15) is 9.88 Å². The van der Waals surface area contributed by atoms with Gasteiger partial charge in [-0.2, -0.15) is 0 Å². The highest BCUT2D eigenvalue weighted by Crippen LogP contribution is 2.34. The van der Waals surface area contributed by atoms with Crippen molar-refractivity contribution in [2.24, 2.45) is 0 Å². The van der Waals surface area contributed by atoms with Crippen LogP contribution in [0.2, 0.25) is 5.02 Å². The van der Waals surface area contributed by atoms with E-state index in [-0.39, 0.29) is 27.8 Å². The van der Waals surface area contributed by atoms with E-state index in [1.807, 2.05) is 0 Å². The van der Waals surface area contributed by atoms with Gasteiger partial charge >= 0.3 is 11.9 Å². The van der Waals surface area contributed by atoms with Gasteiger partial charge < -0.3 is 14.8 Å². The number of carbonyl (C=O) groups excluding carboxylic acids is 3. The number of esters is 2. The topological polar surface area (TPSA) is 81.7 Å². The molecule has 1 heterocycles. The zero-order valence-corrected chi connectivity index (χ0v) is 15.4. The monoisotopic (exact) mass is 381 g/mol. The number of hydrogen-bond acceptors (Lipinski definition) is 6. The first-order chi connectivity index (χ1) is 11.9. The third-order valence-corrected chi connectivity index (χ3v) is 4.88. The predicted molar refractivity (Wildman–Crippen MR) is 95.5 cm³/mol. The molecule has 8 heteroatoms. The molecular formula is C17H16ClNO5S. The van der Waals surface area contributed by atoms with E-state index in [9.17, 15) is 14.4 Å². The molecule has 0 radical (unpaired) electrons. The lowest BCUT2D eigenvalue weighted by molar-refractivity contribution is -0.115. The Hall–Kier alpha value is -2.38. The Morgan fingerprint density at radius 2 is 1.68 bits per heavy atom. The van der Waals surface area contributed by atoms with Gasteiger partial charge in [0.05, 0.1) is 26.2 Å². The smallest absolute Gasteiger partial charge is 0.348 e. The molecule has 0 spiro atoms. The van der Waals surface area contributed by atoms with Crippen LogP contribution in [0, 0.1) is 6.92 Å². The molecule has 0 fully saturated rings. The van der Waals surface area contributed by atoms with Gasteiger partial charge in [-0.05, 0) is 30.2 Å². The van der Waals surface area contributed by atoms with Crippen molar-refractivity contribution in [3.63, 3.8) is 0 Å². The Morgan fingerprint density at radius 1 is 1.08 bits per heavy atom. The van der Waals surface area contributed by atoms with Crippen LogP contribution < -0.4 is 5.32 Å². The standard InChI is InChI=1S/C17H16ClNO5S/c1-9-13(16(21)23-2)15(25-14(9)17(22)24-3)19-12(20)8-10-4-6-11(18)7-5-10/h4-7H,8H2,1-3H3,(H,19,20). The SMILES string of the molecule is COC(=O)c1sc(NC(=O)Cc2ccc(Cl)cc2)c(C(=O)OC)c1C. The minimum atomic E-state index is -0.634. The summed E-state index contributed by atoms with van der Waals surface area (Å²) in [6, 6.07) is 6.86. The summed E-state index contributed by atoms with van der Waals surface area (Å²) in [6.07, 6.45) is 0.0995. The predicted octanol–water partition coefficient (Wildman–Crippen LogP) is 3.46. The molecule has 0 aliphatic heterocycles. The van der Waals surface area contributed by atoms with Crippen molar-refractivity contribution in [3.8, 4) is 0 Å². The Bertz CT molecular complexity index is 813. The summed E-state index contributed by atoms with van der Waals surface area (Å²) in [6.45, 7) is 1.60. The molecule has 1 amide bonds. The number of rotatable bonds is 5. The van der Waals surface area contributed by atoms with Crippen LogP contribution in [-0.2, 0) is 20.7 Å². The molecule has 0 unspecified atom stereocenters. The number of carbonyl (C=O) groups is 3. The average molecular weight is 382 g/mol. The molecule has 0 saturated heterocycles. The number of hydrogen-bond donors (Lipinski definition) is 1. The molecule has 0 aliphatic rings. The Morgan fingerprint density at radius 3 is 2.24 bits per heavy atom. The molecular weight excluding hydrogens is 366 g/mol. The van der Waals surface area contributed by atoms with E-state index in [1.165, 1.54) is 14.2 Å². The molecule has 132 valence electrons. The summed E-state index contributed by atoms with van der Waals surface area (Å²) in [4.78, 5) is 36.4. The van der Waals surface area contributed by atoms with Crippen molar-refractivity contribution in [2.45, 2.75) is 13.3 Å². The molecule has 0 atom stereocenters. The minimum Gasteiger partial charge on any atom is -0.465 e. The van der Waals surface area contributed by atoms with E-state index in [1.54, 1.807) is 31.2 Å². The van der Waals surface area contributed by atoms with Crippen LogP contribution in [0.1, 0.15) is 31.2 Å². The van der Waals surface area contributed by atoms with E-state index >= 15 is 0 Å². The van der Waals surface area contributed by atoms with E-state index in [0.717, 1.165) is 16.9 Å². The number of halogens is 1. The maximum atomic E-state index is 12.3. The van der Waals surface area contributed by atoms with E-state index in [4.69, 9.17) is 21.1 Å². The van der Waals surface area contributed by atoms with Crippen LogP contribution in [0.3, 0.4) is 0 Å². The van der Waals surface area contributed by atoms with Gasteiger partial charge in [0.25, 0.3) is 0 Å². The van der Waals surface area contributed by atoms with E-state index in [2.05, 4.69) is 5.32 Å². The van der Waals surface area contributed by atoms with Crippen LogP contribution in [0.25, 0.3) is 0 Å². The van der Waals surface area contributed by atoms with Crippen LogP contribution in [0.5, 0.6) is 0 Å². The zero-order valence-electron chi connectivity index (χ0n) is 13.8. The van der Waals surface area contributed by atoms with Crippen LogP contribution in [0.15, 0.2) is 24.3 Å². The van der Waals surface area contributed by atoms with Gasteiger partial charge in [-0.1, -0.05) is 23.7 Å². The molecule has 6 nitrogen and oxygen atoms in total. The fraction of sp³-hybridized carbons (Fsp3) is 0.235. The van der Waals surface area contributed by atoms with Gasteiger partial charge in [0.2, 0.25) is 5.91 Å². The largest absolute Gasteiger partial charge is 0.465 e. The van der Waals surface area contributed by atoms with Crippen molar-refractivity contribution in [2.75, 3.05) is 19.5 Å². The second-order valence-corrected chi connectivity index (χ2v) is 6.55. The molecule has 1 N–H and O–H groups in total. The third-order valence-electron chi connectivity index (χ3n) is 3.44. The van der Waals surface area contributed by atoms with E-state index in [0.29, 0.717) is 10.6 Å². The summed E-state index contributed by atoms with van der Waals surface area (Å²) in [5, 5.41) is 3.50. The number of thiophene rings is 1. The number of methoxy groups -OCH3 is 2. The minimum absolute atomic E-state index is 0.0995. The Balaban J connectivity index is 2.27. The van der Waals surface area contributed by atoms with Gasteiger partial charge in [-0.15, -0.1) is 11.3 Å². The number of nitrogens with one attached hydrogen (secondary N) is 1. The molecule has 25 heavy (non-hydrogen) atoms. The summed E-state index contributed by atoms with van der Waals surface area (Å²) in [5.41, 5.74) is 1.32. The van der Waals surface area contributed by atoms with Crippen LogP contribution in [0.4, 0.5) is 5.00 Å². The fourth-order valence-electron chi connectivity index (χ4n) is 2.20. The lowest BCUT2D eigenvalue weighted by atomic mass is 10.1. The fourth-order valence-corrected chi connectivity index (χ4v) is 3.45. The van der Waals surface area contributed by atoms with E-state index < -0.39 is 11.9 Å². The maximum Gasteiger partial charge on any atom is 0.348 e. The molecule has 2 aromatic rings. The average Bonchev–Trinajstić information content (AvgIpc) is 2.91. The number of amides is 1. The van der Waals surface area contributed by atoms with Crippen molar-refractivity contribution in [3.05, 3.63) is 50.9 Å². The number of anilines is 1. The second kappa shape index (κ2) is 8.13. The summed E-state index contributed by atoms with van der Waals surface area (Å²) < 4.78 is 9.45. The Kier molecular flexibility index (Phi) is 6.17.